The molecule has 1 aliphatic rings. The number of guanidine groups is 1. The molecule has 0 unspecified atom stereocenters. The maximum absolute atomic E-state index is 5.54. The van der Waals surface area contributed by atoms with Crippen LogP contribution in [-0.4, -0.2) is 38.3 Å². The Morgan fingerprint density at radius 3 is 2.58 bits per heavy atom. The molecule has 4 heteroatoms. The van der Waals surface area contributed by atoms with Crippen molar-refractivity contribution in [1.82, 2.24) is 10.6 Å². The number of unbranched alkanes of at least 4 members (excludes halogenated alkanes) is 1. The summed E-state index contributed by atoms with van der Waals surface area (Å²) in [6.07, 6.45) is 8.63. The van der Waals surface area contributed by atoms with E-state index in [4.69, 9.17) is 4.74 Å². The number of aliphatic imine (C=N–C) groups is 1. The Morgan fingerprint density at radius 1 is 1.16 bits per heavy atom. The van der Waals surface area contributed by atoms with E-state index >= 15 is 0 Å². The molecule has 0 atom stereocenters. The molecule has 0 saturated heterocycles. The molecule has 0 aromatic rings. The average Bonchev–Trinajstić information content (AvgIpc) is 2.91. The molecular formula is C15H31N3O. The molecule has 19 heavy (non-hydrogen) atoms. The summed E-state index contributed by atoms with van der Waals surface area (Å²) >= 11 is 0. The van der Waals surface area contributed by atoms with Crippen LogP contribution in [0.1, 0.15) is 58.8 Å². The molecule has 112 valence electrons. The molecular weight excluding hydrogens is 238 g/mol. The van der Waals surface area contributed by atoms with Crippen LogP contribution in [0, 0.1) is 0 Å². The molecule has 0 aromatic carbocycles. The second kappa shape index (κ2) is 11.1. The Hall–Kier alpha value is -0.770. The van der Waals surface area contributed by atoms with E-state index in [0.29, 0.717) is 6.04 Å². The SMILES string of the molecule is CCCCOCCCN=C(NCC)NC1CCCC1. The Kier molecular flexibility index (Phi) is 9.51. The third-order valence-corrected chi connectivity index (χ3v) is 3.40. The van der Waals surface area contributed by atoms with Crippen molar-refractivity contribution < 1.29 is 4.74 Å². The lowest BCUT2D eigenvalue weighted by Gasteiger charge is -2.16. The van der Waals surface area contributed by atoms with Crippen molar-refractivity contribution in [2.24, 2.45) is 4.99 Å². The minimum atomic E-state index is 0.624. The van der Waals surface area contributed by atoms with Gasteiger partial charge >= 0.3 is 0 Å². The Morgan fingerprint density at radius 2 is 1.89 bits per heavy atom. The first kappa shape index (κ1) is 16.3. The fourth-order valence-corrected chi connectivity index (χ4v) is 2.29. The van der Waals surface area contributed by atoms with Gasteiger partial charge in [0.05, 0.1) is 0 Å². The van der Waals surface area contributed by atoms with E-state index < -0.39 is 0 Å². The molecule has 0 aliphatic heterocycles. The van der Waals surface area contributed by atoms with E-state index in [-0.39, 0.29) is 0 Å². The number of nitrogens with one attached hydrogen (secondary N) is 2. The third kappa shape index (κ3) is 8.09. The van der Waals surface area contributed by atoms with E-state index in [1.54, 1.807) is 0 Å². The molecule has 1 fully saturated rings. The summed E-state index contributed by atoms with van der Waals surface area (Å²) in [6.45, 7) is 7.78. The lowest BCUT2D eigenvalue weighted by molar-refractivity contribution is 0.130. The van der Waals surface area contributed by atoms with Crippen molar-refractivity contribution in [3.63, 3.8) is 0 Å². The summed E-state index contributed by atoms with van der Waals surface area (Å²) in [4.78, 5) is 4.61. The quantitative estimate of drug-likeness (QED) is 0.384. The third-order valence-electron chi connectivity index (χ3n) is 3.40. The molecule has 1 saturated carbocycles. The highest BCUT2D eigenvalue weighted by atomic mass is 16.5. The molecule has 1 aliphatic carbocycles. The fraction of sp³-hybridized carbons (Fsp3) is 0.933. The predicted octanol–water partition coefficient (Wildman–Crippen LogP) is 2.69. The molecule has 0 aromatic heterocycles. The van der Waals surface area contributed by atoms with Crippen LogP contribution in [0.5, 0.6) is 0 Å². The normalized spacial score (nSPS) is 16.8. The summed E-state index contributed by atoms with van der Waals surface area (Å²) in [7, 11) is 0. The van der Waals surface area contributed by atoms with E-state index in [9.17, 15) is 0 Å². The van der Waals surface area contributed by atoms with Gasteiger partial charge in [-0.05, 0) is 32.6 Å². The summed E-state index contributed by atoms with van der Waals surface area (Å²) in [5.41, 5.74) is 0. The molecule has 0 bridgehead atoms. The lowest BCUT2D eigenvalue weighted by atomic mass is 10.2. The number of rotatable bonds is 9. The van der Waals surface area contributed by atoms with Crippen LogP contribution in [0.2, 0.25) is 0 Å². The van der Waals surface area contributed by atoms with Crippen molar-refractivity contribution in [3.05, 3.63) is 0 Å². The van der Waals surface area contributed by atoms with Gasteiger partial charge in [0.15, 0.2) is 5.96 Å². The minimum absolute atomic E-state index is 0.624. The Balaban J connectivity index is 2.13. The summed E-state index contributed by atoms with van der Waals surface area (Å²) in [5.74, 6) is 0.975. The first-order valence-corrected chi connectivity index (χ1v) is 7.99. The standard InChI is InChI=1S/C15H31N3O/c1-3-5-12-19-13-8-11-17-15(16-4-2)18-14-9-6-7-10-14/h14H,3-13H2,1-2H3,(H2,16,17,18). The van der Waals surface area contributed by atoms with Gasteiger partial charge in [-0.15, -0.1) is 0 Å². The number of hydrogen-bond acceptors (Lipinski definition) is 2. The zero-order valence-corrected chi connectivity index (χ0v) is 12.7. The number of hydrogen-bond donors (Lipinski definition) is 2. The molecule has 4 nitrogen and oxygen atoms in total. The molecule has 0 radical (unpaired) electrons. The topological polar surface area (TPSA) is 45.6 Å². The van der Waals surface area contributed by atoms with Crippen LogP contribution in [-0.2, 0) is 4.74 Å². The fourth-order valence-electron chi connectivity index (χ4n) is 2.29. The van der Waals surface area contributed by atoms with Gasteiger partial charge in [0.1, 0.15) is 0 Å². The van der Waals surface area contributed by atoms with Crippen molar-refractivity contribution in [1.29, 1.82) is 0 Å². The largest absolute Gasteiger partial charge is 0.381 e. The molecule has 1 rings (SSSR count). The van der Waals surface area contributed by atoms with Crippen molar-refractivity contribution in [2.45, 2.75) is 64.8 Å². The summed E-state index contributed by atoms with van der Waals surface area (Å²) in [5, 5.41) is 6.84. The van der Waals surface area contributed by atoms with Crippen molar-refractivity contribution in [2.75, 3.05) is 26.3 Å². The molecule has 0 heterocycles. The molecule has 0 amide bonds. The van der Waals surface area contributed by atoms with Crippen LogP contribution in [0.4, 0.5) is 0 Å². The average molecular weight is 269 g/mol. The maximum Gasteiger partial charge on any atom is 0.191 e. The number of ether oxygens (including phenoxy) is 1. The van der Waals surface area contributed by atoms with Gasteiger partial charge in [-0.3, -0.25) is 4.99 Å². The summed E-state index contributed by atoms with van der Waals surface area (Å²) in [6, 6.07) is 0.624. The number of nitrogens with zero attached hydrogens (tertiary/aromatic N) is 1. The van der Waals surface area contributed by atoms with Gasteiger partial charge in [-0.2, -0.15) is 0 Å². The van der Waals surface area contributed by atoms with Gasteiger partial charge in [0, 0.05) is 32.3 Å². The van der Waals surface area contributed by atoms with Gasteiger partial charge in [0.25, 0.3) is 0 Å². The van der Waals surface area contributed by atoms with Gasteiger partial charge in [-0.25, -0.2) is 0 Å². The second-order valence-electron chi connectivity index (χ2n) is 5.21. The van der Waals surface area contributed by atoms with Crippen LogP contribution in [0.3, 0.4) is 0 Å². The van der Waals surface area contributed by atoms with E-state index in [1.165, 1.54) is 32.1 Å². The smallest absolute Gasteiger partial charge is 0.191 e. The Bertz CT molecular complexity index is 238. The van der Waals surface area contributed by atoms with Crippen LogP contribution in [0.25, 0.3) is 0 Å². The van der Waals surface area contributed by atoms with Crippen LogP contribution < -0.4 is 10.6 Å². The maximum atomic E-state index is 5.54. The van der Waals surface area contributed by atoms with Gasteiger partial charge in [0.2, 0.25) is 0 Å². The van der Waals surface area contributed by atoms with E-state index in [1.807, 2.05) is 0 Å². The zero-order valence-electron chi connectivity index (χ0n) is 12.7. The molecule has 0 spiro atoms. The Labute approximate surface area is 118 Å². The van der Waals surface area contributed by atoms with E-state index in [0.717, 1.165) is 45.1 Å². The van der Waals surface area contributed by atoms with E-state index in [2.05, 4.69) is 29.5 Å². The minimum Gasteiger partial charge on any atom is -0.381 e. The highest BCUT2D eigenvalue weighted by Crippen LogP contribution is 2.17. The summed E-state index contributed by atoms with van der Waals surface area (Å²) < 4.78 is 5.54. The second-order valence-corrected chi connectivity index (χ2v) is 5.21. The van der Waals surface area contributed by atoms with Gasteiger partial charge in [-0.1, -0.05) is 26.2 Å². The monoisotopic (exact) mass is 269 g/mol. The van der Waals surface area contributed by atoms with Crippen LogP contribution >= 0.6 is 0 Å². The highest BCUT2D eigenvalue weighted by Gasteiger charge is 2.15. The lowest BCUT2D eigenvalue weighted by Crippen LogP contribution is -2.42. The van der Waals surface area contributed by atoms with Crippen LogP contribution in [0.15, 0.2) is 4.99 Å². The molecule has 2 N–H and O–H groups in total. The first-order valence-electron chi connectivity index (χ1n) is 7.99. The highest BCUT2D eigenvalue weighted by molar-refractivity contribution is 5.80. The zero-order chi connectivity index (χ0) is 13.8. The van der Waals surface area contributed by atoms with Crippen molar-refractivity contribution >= 4 is 5.96 Å². The first-order chi connectivity index (χ1) is 9.36. The van der Waals surface area contributed by atoms with Gasteiger partial charge < -0.3 is 15.4 Å². The predicted molar refractivity (Wildman–Crippen MR) is 81.7 cm³/mol. The van der Waals surface area contributed by atoms with Crippen molar-refractivity contribution in [3.8, 4) is 0 Å².